The van der Waals surface area contributed by atoms with Gasteiger partial charge in [0.2, 0.25) is 5.91 Å². The molecular formula is C20H33N3O6. The molecule has 0 spiro atoms. The van der Waals surface area contributed by atoms with Crippen molar-refractivity contribution in [2.24, 2.45) is 11.8 Å². The van der Waals surface area contributed by atoms with Gasteiger partial charge in [0.1, 0.15) is 6.04 Å². The molecule has 3 atom stereocenters. The monoisotopic (exact) mass is 411 g/mol. The second-order valence-corrected chi connectivity index (χ2v) is 7.28. The molecule has 0 saturated carbocycles. The van der Waals surface area contributed by atoms with Crippen LogP contribution >= 0.6 is 0 Å². The minimum Gasteiger partial charge on any atom is -0.464 e. The summed E-state index contributed by atoms with van der Waals surface area (Å²) in [5.41, 5.74) is 0. The molecule has 1 aliphatic rings. The number of rotatable bonds is 11. The average Bonchev–Trinajstić information content (AvgIpc) is 3.04. The number of carbonyl (C=O) groups excluding carboxylic acids is 4. The van der Waals surface area contributed by atoms with Crippen molar-refractivity contribution >= 4 is 23.9 Å². The Labute approximate surface area is 172 Å². The van der Waals surface area contributed by atoms with Crippen molar-refractivity contribution in [3.8, 4) is 0 Å². The van der Waals surface area contributed by atoms with Crippen LogP contribution in [-0.4, -0.2) is 55.7 Å². The fraction of sp³-hybridized carbons (Fsp3) is 0.700. The lowest BCUT2D eigenvalue weighted by molar-refractivity contribution is -0.145. The first-order chi connectivity index (χ1) is 13.8. The highest BCUT2D eigenvalue weighted by Crippen LogP contribution is 2.17. The van der Waals surface area contributed by atoms with Crippen LogP contribution in [0.3, 0.4) is 0 Å². The number of ether oxygens (including phenoxy) is 2. The normalized spacial score (nSPS) is 18.2. The van der Waals surface area contributed by atoms with Gasteiger partial charge in [-0.2, -0.15) is 0 Å². The molecule has 9 heteroatoms. The first kappa shape index (κ1) is 24.5. The molecule has 0 aromatic heterocycles. The van der Waals surface area contributed by atoms with E-state index in [4.69, 9.17) is 9.47 Å². The molecule has 3 N–H and O–H groups in total. The summed E-state index contributed by atoms with van der Waals surface area (Å²) in [7, 11) is 0. The maximum atomic E-state index is 12.5. The number of hydrogen-bond donors (Lipinski definition) is 3. The topological polar surface area (TPSA) is 123 Å². The Balaban J connectivity index is 2.79. The minimum atomic E-state index is -0.778. The Hall–Kier alpha value is -2.58. The summed E-state index contributed by atoms with van der Waals surface area (Å²) in [5.74, 6) is -1.19. The van der Waals surface area contributed by atoms with E-state index in [9.17, 15) is 19.2 Å². The van der Waals surface area contributed by atoms with E-state index >= 15 is 0 Å². The van der Waals surface area contributed by atoms with Crippen LogP contribution < -0.4 is 16.0 Å². The van der Waals surface area contributed by atoms with Crippen molar-refractivity contribution in [2.75, 3.05) is 19.8 Å². The summed E-state index contributed by atoms with van der Waals surface area (Å²) in [6, 6.07) is -1.92. The number of carbonyl (C=O) groups is 4. The van der Waals surface area contributed by atoms with Crippen LogP contribution in [0, 0.1) is 11.8 Å². The maximum Gasteiger partial charge on any atom is 0.330 e. The van der Waals surface area contributed by atoms with E-state index in [0.29, 0.717) is 25.8 Å². The molecule has 1 heterocycles. The standard InChI is InChI=1S/C20H33N3O6/c1-5-28-17(24)8-7-15(12-14-9-10-21-18(14)25)22-20(27)23-16(11-13(3)4)19(26)29-6-2/h7-8,13-16H,5-6,9-12H2,1-4H3,(H,21,25)(H2,22,23,27)/b8-7+/t14-,15+,16-/m0/s1. The molecule has 9 nitrogen and oxygen atoms in total. The summed E-state index contributed by atoms with van der Waals surface area (Å²) in [6.07, 6.45) is 4.16. The summed E-state index contributed by atoms with van der Waals surface area (Å²) < 4.78 is 9.89. The second-order valence-electron chi connectivity index (χ2n) is 7.28. The van der Waals surface area contributed by atoms with E-state index in [1.165, 1.54) is 12.2 Å². The second kappa shape index (κ2) is 12.8. The lowest BCUT2D eigenvalue weighted by atomic mass is 9.98. The molecule has 0 aliphatic carbocycles. The molecule has 1 saturated heterocycles. The number of amides is 3. The van der Waals surface area contributed by atoms with E-state index in [2.05, 4.69) is 16.0 Å². The van der Waals surface area contributed by atoms with Crippen LogP contribution in [0.2, 0.25) is 0 Å². The van der Waals surface area contributed by atoms with Gasteiger partial charge in [-0.1, -0.05) is 19.9 Å². The van der Waals surface area contributed by atoms with Crippen molar-refractivity contribution in [3.63, 3.8) is 0 Å². The Morgan fingerprint density at radius 1 is 1.17 bits per heavy atom. The lowest BCUT2D eigenvalue weighted by Crippen LogP contribution is -2.50. The summed E-state index contributed by atoms with van der Waals surface area (Å²) >= 11 is 0. The van der Waals surface area contributed by atoms with Crippen molar-refractivity contribution in [2.45, 2.75) is 59.0 Å². The molecule has 1 aliphatic heterocycles. The molecule has 3 amide bonds. The van der Waals surface area contributed by atoms with Gasteiger partial charge in [0, 0.05) is 18.5 Å². The zero-order valence-electron chi connectivity index (χ0n) is 17.7. The van der Waals surface area contributed by atoms with Crippen LogP contribution in [0.15, 0.2) is 12.2 Å². The third-order valence-corrected chi connectivity index (χ3v) is 4.35. The lowest BCUT2D eigenvalue weighted by Gasteiger charge is -2.22. The third kappa shape index (κ3) is 9.45. The van der Waals surface area contributed by atoms with Gasteiger partial charge in [0.15, 0.2) is 0 Å². The molecular weight excluding hydrogens is 378 g/mol. The van der Waals surface area contributed by atoms with E-state index in [0.717, 1.165) is 0 Å². The number of hydrogen-bond acceptors (Lipinski definition) is 6. The molecule has 164 valence electrons. The number of esters is 2. The SMILES string of the molecule is CCOC(=O)/C=C/[C@H](C[C@@H]1CCNC1=O)NC(=O)N[C@@H](CC(C)C)C(=O)OCC. The van der Waals surface area contributed by atoms with Crippen LogP contribution in [0.25, 0.3) is 0 Å². The van der Waals surface area contributed by atoms with Crippen LogP contribution in [0.4, 0.5) is 4.79 Å². The zero-order valence-corrected chi connectivity index (χ0v) is 17.7. The average molecular weight is 411 g/mol. The highest BCUT2D eigenvalue weighted by Gasteiger charge is 2.28. The molecule has 0 radical (unpaired) electrons. The Morgan fingerprint density at radius 3 is 2.41 bits per heavy atom. The molecule has 0 bridgehead atoms. The molecule has 29 heavy (non-hydrogen) atoms. The van der Waals surface area contributed by atoms with Crippen LogP contribution in [0.5, 0.6) is 0 Å². The van der Waals surface area contributed by atoms with Crippen molar-refractivity contribution in [1.29, 1.82) is 0 Å². The first-order valence-electron chi connectivity index (χ1n) is 10.1. The van der Waals surface area contributed by atoms with E-state index in [-0.39, 0.29) is 31.0 Å². The zero-order chi connectivity index (χ0) is 21.8. The Kier molecular flexibility index (Phi) is 10.8. The van der Waals surface area contributed by atoms with Crippen molar-refractivity contribution < 1.29 is 28.7 Å². The fourth-order valence-electron chi connectivity index (χ4n) is 3.04. The van der Waals surface area contributed by atoms with Crippen LogP contribution in [-0.2, 0) is 23.9 Å². The summed E-state index contributed by atoms with van der Waals surface area (Å²) in [4.78, 5) is 48.1. The fourth-order valence-corrected chi connectivity index (χ4v) is 3.04. The van der Waals surface area contributed by atoms with E-state index in [1.54, 1.807) is 13.8 Å². The summed E-state index contributed by atoms with van der Waals surface area (Å²) in [6.45, 7) is 8.32. The van der Waals surface area contributed by atoms with Gasteiger partial charge in [-0.15, -0.1) is 0 Å². The summed E-state index contributed by atoms with van der Waals surface area (Å²) in [5, 5.41) is 8.12. The van der Waals surface area contributed by atoms with Gasteiger partial charge in [-0.05, 0) is 39.0 Å². The first-order valence-corrected chi connectivity index (χ1v) is 10.1. The van der Waals surface area contributed by atoms with Gasteiger partial charge in [0.05, 0.1) is 19.3 Å². The predicted octanol–water partition coefficient (Wildman–Crippen LogP) is 1.28. The quantitative estimate of drug-likeness (QED) is 0.348. The number of urea groups is 1. The van der Waals surface area contributed by atoms with Gasteiger partial charge in [-0.3, -0.25) is 4.79 Å². The van der Waals surface area contributed by atoms with Gasteiger partial charge in [0.25, 0.3) is 0 Å². The molecule has 1 rings (SSSR count). The highest BCUT2D eigenvalue weighted by molar-refractivity contribution is 5.85. The maximum absolute atomic E-state index is 12.5. The predicted molar refractivity (Wildman–Crippen MR) is 107 cm³/mol. The van der Waals surface area contributed by atoms with Crippen LogP contribution in [0.1, 0.15) is 47.0 Å². The Bertz CT molecular complexity index is 605. The van der Waals surface area contributed by atoms with Crippen molar-refractivity contribution in [3.05, 3.63) is 12.2 Å². The van der Waals surface area contributed by atoms with Gasteiger partial charge >= 0.3 is 18.0 Å². The Morgan fingerprint density at radius 2 is 1.86 bits per heavy atom. The van der Waals surface area contributed by atoms with Gasteiger partial charge < -0.3 is 25.4 Å². The van der Waals surface area contributed by atoms with E-state index < -0.39 is 30.1 Å². The largest absolute Gasteiger partial charge is 0.464 e. The van der Waals surface area contributed by atoms with Crippen molar-refractivity contribution in [1.82, 2.24) is 16.0 Å². The third-order valence-electron chi connectivity index (χ3n) is 4.35. The molecule has 0 aromatic carbocycles. The highest BCUT2D eigenvalue weighted by atomic mass is 16.5. The minimum absolute atomic E-state index is 0.0778. The smallest absolute Gasteiger partial charge is 0.330 e. The molecule has 0 unspecified atom stereocenters. The molecule has 1 fully saturated rings. The number of nitrogens with one attached hydrogen (secondary N) is 3. The van der Waals surface area contributed by atoms with E-state index in [1.807, 2.05) is 13.8 Å². The van der Waals surface area contributed by atoms with Gasteiger partial charge in [-0.25, -0.2) is 14.4 Å². The molecule has 0 aromatic rings.